The second-order valence-electron chi connectivity index (χ2n) is 5.81. The Labute approximate surface area is 155 Å². The van der Waals surface area contributed by atoms with Crippen LogP contribution in [0, 0.1) is 0 Å². The quantitative estimate of drug-likeness (QED) is 0.779. The van der Waals surface area contributed by atoms with Gasteiger partial charge in [-0.1, -0.05) is 11.6 Å². The lowest BCUT2D eigenvalue weighted by molar-refractivity contribution is -0.116. The third-order valence-electron chi connectivity index (χ3n) is 4.17. The van der Waals surface area contributed by atoms with Crippen molar-refractivity contribution in [3.63, 3.8) is 0 Å². The molecule has 1 amide bonds. The number of anilines is 1. The van der Waals surface area contributed by atoms with Crippen molar-refractivity contribution in [3.05, 3.63) is 28.9 Å². The third kappa shape index (κ3) is 4.29. The maximum atomic E-state index is 12.4. The Kier molecular flexibility index (Phi) is 5.88. The van der Waals surface area contributed by atoms with Crippen LogP contribution in [0.3, 0.4) is 0 Å². The second-order valence-corrected chi connectivity index (χ2v) is 7.47. The number of rotatable bonds is 5. The Morgan fingerprint density at radius 2 is 2.12 bits per heavy atom. The van der Waals surface area contributed by atoms with Gasteiger partial charge in [0.05, 0.1) is 12.8 Å². The van der Waals surface area contributed by atoms with Crippen molar-refractivity contribution < 1.29 is 14.3 Å². The smallest absolute Gasteiger partial charge is 0.356 e. The minimum Gasteiger partial charge on any atom is -0.464 e. The Morgan fingerprint density at radius 3 is 2.84 bits per heavy atom. The van der Waals surface area contributed by atoms with Gasteiger partial charge in [0.25, 0.3) is 0 Å². The fraction of sp³-hybridized carbons (Fsp3) is 0.412. The average Bonchev–Trinajstić information content (AvgIpc) is 2.98. The first-order valence-electron chi connectivity index (χ1n) is 8.08. The standard InChI is InChI=1S/C17H20ClN3O3S/c1-24-17(23)16-15(12-10-11(18)2-3-13(12)19-16)20-14(22)4-5-21-6-8-25-9-7-21/h2-3,10,19H,4-9H2,1H3,(H,20,22). The van der Waals surface area contributed by atoms with E-state index in [9.17, 15) is 9.59 Å². The van der Waals surface area contributed by atoms with Crippen LogP contribution in [0.4, 0.5) is 5.69 Å². The molecule has 25 heavy (non-hydrogen) atoms. The highest BCUT2D eigenvalue weighted by atomic mass is 35.5. The number of carbonyl (C=O) groups excluding carboxylic acids is 2. The molecular formula is C17H20ClN3O3S. The first-order valence-corrected chi connectivity index (χ1v) is 9.61. The largest absolute Gasteiger partial charge is 0.464 e. The molecule has 2 aromatic rings. The number of halogens is 1. The highest BCUT2D eigenvalue weighted by Crippen LogP contribution is 2.30. The molecule has 134 valence electrons. The van der Waals surface area contributed by atoms with Crippen molar-refractivity contribution >= 4 is 51.8 Å². The maximum Gasteiger partial charge on any atom is 0.356 e. The molecule has 6 nitrogen and oxygen atoms in total. The predicted molar refractivity (Wildman–Crippen MR) is 102 cm³/mol. The first kappa shape index (κ1) is 18.1. The molecule has 2 heterocycles. The Balaban J connectivity index is 1.77. The summed E-state index contributed by atoms with van der Waals surface area (Å²) in [6, 6.07) is 5.21. The summed E-state index contributed by atoms with van der Waals surface area (Å²) in [4.78, 5) is 29.7. The normalized spacial score (nSPS) is 15.3. The fourth-order valence-electron chi connectivity index (χ4n) is 2.84. The van der Waals surface area contributed by atoms with E-state index in [-0.39, 0.29) is 11.6 Å². The number of methoxy groups -OCH3 is 1. The van der Waals surface area contributed by atoms with Crippen LogP contribution in [0.25, 0.3) is 10.9 Å². The molecule has 0 unspecified atom stereocenters. The van der Waals surface area contributed by atoms with Gasteiger partial charge in [-0.15, -0.1) is 0 Å². The summed E-state index contributed by atoms with van der Waals surface area (Å²) in [6.07, 6.45) is 0.374. The van der Waals surface area contributed by atoms with Crippen LogP contribution in [0.15, 0.2) is 18.2 Å². The molecule has 2 N–H and O–H groups in total. The van der Waals surface area contributed by atoms with Gasteiger partial charge in [-0.2, -0.15) is 11.8 Å². The number of hydrogen-bond acceptors (Lipinski definition) is 5. The van der Waals surface area contributed by atoms with Crippen molar-refractivity contribution in [1.82, 2.24) is 9.88 Å². The number of H-pyrrole nitrogens is 1. The summed E-state index contributed by atoms with van der Waals surface area (Å²) in [6.45, 7) is 2.73. The van der Waals surface area contributed by atoms with Crippen LogP contribution in [-0.2, 0) is 9.53 Å². The lowest BCUT2D eigenvalue weighted by Crippen LogP contribution is -2.35. The van der Waals surface area contributed by atoms with E-state index in [1.165, 1.54) is 7.11 Å². The summed E-state index contributed by atoms with van der Waals surface area (Å²) < 4.78 is 4.81. The number of amides is 1. The van der Waals surface area contributed by atoms with Gasteiger partial charge in [0.15, 0.2) is 0 Å². The van der Waals surface area contributed by atoms with E-state index in [4.69, 9.17) is 16.3 Å². The Hall–Kier alpha value is -1.70. The van der Waals surface area contributed by atoms with Crippen LogP contribution < -0.4 is 5.32 Å². The molecule has 1 aliphatic heterocycles. The van der Waals surface area contributed by atoms with Gasteiger partial charge in [-0.3, -0.25) is 4.79 Å². The van der Waals surface area contributed by atoms with E-state index < -0.39 is 5.97 Å². The Morgan fingerprint density at radius 1 is 1.36 bits per heavy atom. The van der Waals surface area contributed by atoms with Gasteiger partial charge in [0.1, 0.15) is 5.69 Å². The number of aromatic nitrogens is 1. The second kappa shape index (κ2) is 8.12. The van der Waals surface area contributed by atoms with E-state index in [1.807, 2.05) is 11.8 Å². The molecule has 0 bridgehead atoms. The van der Waals surface area contributed by atoms with Crippen molar-refractivity contribution in [2.24, 2.45) is 0 Å². The molecule has 0 spiro atoms. The number of hydrogen-bond donors (Lipinski definition) is 2. The molecule has 0 aliphatic carbocycles. The molecule has 0 saturated carbocycles. The third-order valence-corrected chi connectivity index (χ3v) is 5.35. The number of thioether (sulfide) groups is 1. The van der Waals surface area contributed by atoms with Crippen LogP contribution in [0.2, 0.25) is 5.02 Å². The molecule has 3 rings (SSSR count). The average molecular weight is 382 g/mol. The molecule has 1 aromatic heterocycles. The molecule has 0 atom stereocenters. The molecular weight excluding hydrogens is 362 g/mol. The summed E-state index contributed by atoms with van der Waals surface area (Å²) in [5.74, 6) is 1.55. The lowest BCUT2D eigenvalue weighted by atomic mass is 10.2. The lowest BCUT2D eigenvalue weighted by Gasteiger charge is -2.25. The molecule has 1 aromatic carbocycles. The van der Waals surface area contributed by atoms with Crippen molar-refractivity contribution in [3.8, 4) is 0 Å². The van der Waals surface area contributed by atoms with E-state index in [0.717, 1.165) is 24.6 Å². The van der Waals surface area contributed by atoms with E-state index >= 15 is 0 Å². The highest BCUT2D eigenvalue weighted by molar-refractivity contribution is 7.99. The summed E-state index contributed by atoms with van der Waals surface area (Å²) in [5, 5.41) is 4.08. The SMILES string of the molecule is COC(=O)c1[nH]c2ccc(Cl)cc2c1NC(=O)CCN1CCSCC1. The number of carbonyl (C=O) groups is 2. The van der Waals surface area contributed by atoms with E-state index in [1.54, 1.807) is 18.2 Å². The summed E-state index contributed by atoms with van der Waals surface area (Å²) >= 11 is 8.00. The number of benzene rings is 1. The van der Waals surface area contributed by atoms with Crippen LogP contribution in [-0.4, -0.2) is 60.0 Å². The number of aromatic amines is 1. The van der Waals surface area contributed by atoms with Gasteiger partial charge in [-0.25, -0.2) is 4.79 Å². The minimum absolute atomic E-state index is 0.135. The molecule has 0 radical (unpaired) electrons. The van der Waals surface area contributed by atoms with E-state index in [0.29, 0.717) is 34.6 Å². The number of fused-ring (bicyclic) bond motifs is 1. The summed E-state index contributed by atoms with van der Waals surface area (Å²) in [7, 11) is 1.31. The van der Waals surface area contributed by atoms with E-state index in [2.05, 4.69) is 15.2 Å². The number of nitrogens with zero attached hydrogens (tertiary/aromatic N) is 1. The number of ether oxygens (including phenoxy) is 1. The van der Waals surface area contributed by atoms with Gasteiger partial charge in [0, 0.05) is 53.5 Å². The molecule has 8 heteroatoms. The molecule has 1 fully saturated rings. The van der Waals surface area contributed by atoms with Gasteiger partial charge >= 0.3 is 5.97 Å². The van der Waals surface area contributed by atoms with Gasteiger partial charge < -0.3 is 19.9 Å². The minimum atomic E-state index is -0.532. The number of esters is 1. The van der Waals surface area contributed by atoms with Crippen LogP contribution in [0.1, 0.15) is 16.9 Å². The van der Waals surface area contributed by atoms with Gasteiger partial charge in [0.2, 0.25) is 5.91 Å². The maximum absolute atomic E-state index is 12.4. The van der Waals surface area contributed by atoms with Crippen LogP contribution >= 0.6 is 23.4 Å². The highest BCUT2D eigenvalue weighted by Gasteiger charge is 2.21. The first-order chi connectivity index (χ1) is 12.1. The fourth-order valence-corrected chi connectivity index (χ4v) is 3.99. The van der Waals surface area contributed by atoms with Crippen LogP contribution in [0.5, 0.6) is 0 Å². The zero-order valence-corrected chi connectivity index (χ0v) is 15.5. The zero-order valence-electron chi connectivity index (χ0n) is 13.9. The zero-order chi connectivity index (χ0) is 17.8. The number of nitrogens with one attached hydrogen (secondary N) is 2. The summed E-state index contributed by atoms with van der Waals surface area (Å²) in [5.41, 5.74) is 1.36. The predicted octanol–water partition coefficient (Wildman–Crippen LogP) is 2.99. The van der Waals surface area contributed by atoms with Crippen molar-refractivity contribution in [1.29, 1.82) is 0 Å². The molecule has 1 aliphatic rings. The van der Waals surface area contributed by atoms with Crippen molar-refractivity contribution in [2.45, 2.75) is 6.42 Å². The molecule has 1 saturated heterocycles. The topological polar surface area (TPSA) is 74.4 Å². The monoisotopic (exact) mass is 381 g/mol. The van der Waals surface area contributed by atoms with Gasteiger partial charge in [-0.05, 0) is 18.2 Å². The van der Waals surface area contributed by atoms with Crippen molar-refractivity contribution in [2.75, 3.05) is 43.6 Å². The Bertz CT molecular complexity index is 787.